The van der Waals surface area contributed by atoms with Crippen molar-refractivity contribution < 1.29 is 0 Å². The summed E-state index contributed by atoms with van der Waals surface area (Å²) >= 11 is 0. The van der Waals surface area contributed by atoms with Crippen molar-refractivity contribution in [2.45, 2.75) is 6.92 Å². The number of aromatic nitrogens is 1. The summed E-state index contributed by atoms with van der Waals surface area (Å²) in [4.78, 5) is 0. The molecule has 0 aliphatic carbocycles. The van der Waals surface area contributed by atoms with Crippen molar-refractivity contribution in [3.63, 3.8) is 0 Å². The van der Waals surface area contributed by atoms with Crippen molar-refractivity contribution in [1.82, 2.24) is 4.57 Å². The lowest BCUT2D eigenvalue weighted by molar-refractivity contribution is 1.19. The van der Waals surface area contributed by atoms with E-state index in [1.165, 1.54) is 54.6 Å². The van der Waals surface area contributed by atoms with Crippen molar-refractivity contribution in [1.29, 1.82) is 0 Å². The Hall–Kier alpha value is -3.58. The van der Waals surface area contributed by atoms with Gasteiger partial charge in [0.15, 0.2) is 0 Å². The van der Waals surface area contributed by atoms with E-state index >= 15 is 0 Å². The number of nitrogens with zero attached hydrogens (tertiary/aromatic N) is 1. The van der Waals surface area contributed by atoms with Crippen LogP contribution in [0.2, 0.25) is 0 Å². The largest absolute Gasteiger partial charge is 0.309 e. The van der Waals surface area contributed by atoms with Crippen LogP contribution in [-0.4, -0.2) is 4.57 Å². The minimum Gasteiger partial charge on any atom is -0.309 e. The summed E-state index contributed by atoms with van der Waals surface area (Å²) in [6, 6.07) is 35.2. The third-order valence-electron chi connectivity index (χ3n) is 5.86. The Bertz CT molecular complexity index is 1520. The molecule has 0 saturated carbocycles. The number of aryl methyl sites for hydroxylation is 1. The van der Waals surface area contributed by atoms with Gasteiger partial charge in [-0.25, -0.2) is 0 Å². The normalized spacial score (nSPS) is 11.8. The average molecular weight is 357 g/mol. The number of hydrogen-bond acceptors (Lipinski definition) is 0. The van der Waals surface area contributed by atoms with Gasteiger partial charge in [-0.3, -0.25) is 0 Å². The average Bonchev–Trinajstić information content (AvgIpc) is 3.06. The van der Waals surface area contributed by atoms with Crippen molar-refractivity contribution in [3.05, 3.63) is 103 Å². The Morgan fingerprint density at radius 2 is 1.21 bits per heavy atom. The molecular weight excluding hydrogens is 338 g/mol. The Morgan fingerprint density at radius 3 is 2.00 bits per heavy atom. The van der Waals surface area contributed by atoms with Gasteiger partial charge in [0.2, 0.25) is 0 Å². The third kappa shape index (κ3) is 2.13. The molecule has 1 aromatic heterocycles. The second-order valence-electron chi connectivity index (χ2n) is 7.55. The summed E-state index contributed by atoms with van der Waals surface area (Å²) in [6.45, 7) is 2.21. The number of rotatable bonds is 1. The first-order valence-electron chi connectivity index (χ1n) is 9.71. The highest BCUT2D eigenvalue weighted by Gasteiger charge is 2.14. The number of fused-ring (bicyclic) bond motifs is 5. The number of benzene rings is 5. The van der Waals surface area contributed by atoms with Crippen LogP contribution in [0.3, 0.4) is 0 Å². The van der Waals surface area contributed by atoms with E-state index in [9.17, 15) is 0 Å². The minimum absolute atomic E-state index is 1.21. The van der Waals surface area contributed by atoms with E-state index in [-0.39, 0.29) is 0 Å². The molecule has 0 fully saturated rings. The van der Waals surface area contributed by atoms with Crippen LogP contribution >= 0.6 is 0 Å². The predicted octanol–water partition coefficient (Wildman–Crippen LogP) is 7.40. The van der Waals surface area contributed by atoms with E-state index in [4.69, 9.17) is 0 Å². The zero-order valence-corrected chi connectivity index (χ0v) is 15.7. The summed E-state index contributed by atoms with van der Waals surface area (Å²) in [6.07, 6.45) is 0. The van der Waals surface area contributed by atoms with Crippen molar-refractivity contribution >= 4 is 43.4 Å². The molecule has 0 spiro atoms. The molecule has 0 N–H and O–H groups in total. The minimum atomic E-state index is 1.21. The van der Waals surface area contributed by atoms with Crippen molar-refractivity contribution in [2.75, 3.05) is 0 Å². The summed E-state index contributed by atoms with van der Waals surface area (Å²) < 4.78 is 2.41. The van der Waals surface area contributed by atoms with Crippen LogP contribution in [0.15, 0.2) is 97.1 Å². The first-order valence-corrected chi connectivity index (χ1v) is 9.71. The van der Waals surface area contributed by atoms with Gasteiger partial charge in [0.25, 0.3) is 0 Å². The van der Waals surface area contributed by atoms with Crippen molar-refractivity contribution in [3.8, 4) is 5.69 Å². The summed E-state index contributed by atoms with van der Waals surface area (Å²) in [5, 5.41) is 7.77. The maximum Gasteiger partial charge on any atom is 0.0547 e. The molecule has 5 aromatic carbocycles. The monoisotopic (exact) mass is 357 g/mol. The second-order valence-corrected chi connectivity index (χ2v) is 7.55. The maximum atomic E-state index is 2.41. The fourth-order valence-corrected chi connectivity index (χ4v) is 4.53. The molecule has 132 valence electrons. The molecule has 0 aliphatic rings. The molecule has 1 nitrogen and oxygen atoms in total. The van der Waals surface area contributed by atoms with Gasteiger partial charge in [0, 0.05) is 16.5 Å². The van der Waals surface area contributed by atoms with Crippen LogP contribution < -0.4 is 0 Å². The van der Waals surface area contributed by atoms with Crippen LogP contribution in [0, 0.1) is 6.92 Å². The lowest BCUT2D eigenvalue weighted by Crippen LogP contribution is -1.94. The molecule has 1 heteroatoms. The van der Waals surface area contributed by atoms with E-state index < -0.39 is 0 Å². The fraction of sp³-hybridized carbons (Fsp3) is 0.0370. The van der Waals surface area contributed by atoms with Gasteiger partial charge in [-0.2, -0.15) is 0 Å². The first-order chi connectivity index (χ1) is 13.8. The SMILES string of the molecule is Cc1cccc2c1c1cc3ccccc3cc1n2-c1ccc2ccccc2c1. The Kier molecular flexibility index (Phi) is 3.15. The van der Waals surface area contributed by atoms with Gasteiger partial charge < -0.3 is 4.57 Å². The Labute approximate surface area is 163 Å². The topological polar surface area (TPSA) is 4.93 Å². The van der Waals surface area contributed by atoms with Gasteiger partial charge in [0.05, 0.1) is 11.0 Å². The molecular formula is C27H19N. The quantitative estimate of drug-likeness (QED) is 0.289. The molecule has 0 radical (unpaired) electrons. The molecule has 0 atom stereocenters. The molecule has 1 heterocycles. The van der Waals surface area contributed by atoms with Gasteiger partial charge in [-0.15, -0.1) is 0 Å². The van der Waals surface area contributed by atoms with E-state index in [0.717, 1.165) is 0 Å². The Morgan fingerprint density at radius 1 is 0.536 bits per heavy atom. The highest BCUT2D eigenvalue weighted by molar-refractivity contribution is 6.14. The smallest absolute Gasteiger partial charge is 0.0547 e. The van der Waals surface area contributed by atoms with Gasteiger partial charge in [-0.05, 0) is 64.4 Å². The second kappa shape index (κ2) is 5.71. The van der Waals surface area contributed by atoms with Crippen molar-refractivity contribution in [2.24, 2.45) is 0 Å². The third-order valence-corrected chi connectivity index (χ3v) is 5.86. The standard InChI is InChI=1S/C27H19N/c1-18-7-6-12-25-27(18)24-16-21-10-4-5-11-22(21)17-26(24)28(25)23-14-13-19-8-2-3-9-20(19)15-23/h2-17H,1H3. The molecule has 28 heavy (non-hydrogen) atoms. The lowest BCUT2D eigenvalue weighted by atomic mass is 10.0. The van der Waals surface area contributed by atoms with E-state index in [1.807, 2.05) is 0 Å². The van der Waals surface area contributed by atoms with E-state index in [0.29, 0.717) is 0 Å². The zero-order chi connectivity index (χ0) is 18.7. The maximum absolute atomic E-state index is 2.41. The molecule has 6 aromatic rings. The lowest BCUT2D eigenvalue weighted by Gasteiger charge is -2.10. The zero-order valence-electron chi connectivity index (χ0n) is 15.7. The number of hydrogen-bond donors (Lipinski definition) is 0. The van der Waals surface area contributed by atoms with Gasteiger partial charge in [0.1, 0.15) is 0 Å². The molecule has 0 amide bonds. The van der Waals surface area contributed by atoms with Crippen LogP contribution in [0.5, 0.6) is 0 Å². The highest BCUT2D eigenvalue weighted by Crippen LogP contribution is 2.36. The Balaban J connectivity index is 1.81. The van der Waals surface area contributed by atoms with Crippen LogP contribution in [0.25, 0.3) is 49.0 Å². The van der Waals surface area contributed by atoms with Crippen LogP contribution in [0.4, 0.5) is 0 Å². The van der Waals surface area contributed by atoms with E-state index in [2.05, 4.69) is 109 Å². The summed E-state index contributed by atoms with van der Waals surface area (Å²) in [5.41, 5.74) is 5.05. The molecule has 0 saturated heterocycles. The van der Waals surface area contributed by atoms with Crippen LogP contribution in [-0.2, 0) is 0 Å². The molecule has 0 aliphatic heterocycles. The molecule has 0 bridgehead atoms. The van der Waals surface area contributed by atoms with Gasteiger partial charge in [-0.1, -0.05) is 66.7 Å². The highest BCUT2D eigenvalue weighted by atomic mass is 15.0. The summed E-state index contributed by atoms with van der Waals surface area (Å²) in [5.74, 6) is 0. The molecule has 6 rings (SSSR count). The fourth-order valence-electron chi connectivity index (χ4n) is 4.53. The van der Waals surface area contributed by atoms with Crippen LogP contribution in [0.1, 0.15) is 5.56 Å². The molecule has 0 unspecified atom stereocenters. The van der Waals surface area contributed by atoms with E-state index in [1.54, 1.807) is 0 Å². The van der Waals surface area contributed by atoms with Gasteiger partial charge >= 0.3 is 0 Å². The summed E-state index contributed by atoms with van der Waals surface area (Å²) in [7, 11) is 0. The first kappa shape index (κ1) is 15.5. The predicted molar refractivity (Wildman–Crippen MR) is 121 cm³/mol.